The first-order valence-corrected chi connectivity index (χ1v) is 10.3. The van der Waals surface area contributed by atoms with Crippen LogP contribution in [-0.4, -0.2) is 28.6 Å². The van der Waals surface area contributed by atoms with Gasteiger partial charge < -0.3 is 9.84 Å². The van der Waals surface area contributed by atoms with Crippen LogP contribution in [0.5, 0.6) is 0 Å². The van der Waals surface area contributed by atoms with Gasteiger partial charge in [-0.2, -0.15) is 0 Å². The zero-order valence-corrected chi connectivity index (χ0v) is 16.1. The molecule has 0 radical (unpaired) electrons. The molecule has 1 saturated carbocycles. The van der Waals surface area contributed by atoms with Crippen molar-refractivity contribution >= 4 is 11.8 Å². The lowest BCUT2D eigenvalue weighted by Gasteiger charge is -2.41. The monoisotopic (exact) mass is 360 g/mol. The van der Waals surface area contributed by atoms with E-state index < -0.39 is 5.60 Å². The quantitative estimate of drug-likeness (QED) is 0.568. The summed E-state index contributed by atoms with van der Waals surface area (Å²) in [5.41, 5.74) is 1.69. The molecule has 0 bridgehead atoms. The number of ether oxygens (including phenoxy) is 1. The number of cyclic esters (lactones) is 1. The number of aliphatic hydroxyl groups is 1. The zero-order valence-electron chi connectivity index (χ0n) is 16.1. The highest BCUT2D eigenvalue weighted by Crippen LogP contribution is 2.45. The molecule has 0 aromatic rings. The van der Waals surface area contributed by atoms with Crippen molar-refractivity contribution in [2.75, 3.05) is 0 Å². The molecule has 0 aromatic heterocycles. The Bertz CT molecular complexity index is 594. The molecule has 1 N–H and O–H groups in total. The van der Waals surface area contributed by atoms with Gasteiger partial charge in [0.1, 0.15) is 17.8 Å². The normalized spacial score (nSPS) is 33.0. The molecule has 2 fully saturated rings. The topological polar surface area (TPSA) is 63.6 Å². The summed E-state index contributed by atoms with van der Waals surface area (Å²) in [7, 11) is 0. The Morgan fingerprint density at radius 2 is 1.96 bits per heavy atom. The van der Waals surface area contributed by atoms with E-state index in [2.05, 4.69) is 26.0 Å². The van der Waals surface area contributed by atoms with Crippen LogP contribution in [0.4, 0.5) is 0 Å². The van der Waals surface area contributed by atoms with Gasteiger partial charge in [-0.1, -0.05) is 44.4 Å². The van der Waals surface area contributed by atoms with Crippen molar-refractivity contribution in [3.8, 4) is 0 Å². The van der Waals surface area contributed by atoms with Crippen molar-refractivity contribution in [1.82, 2.24) is 0 Å². The van der Waals surface area contributed by atoms with Crippen LogP contribution in [0.15, 0.2) is 23.3 Å². The summed E-state index contributed by atoms with van der Waals surface area (Å²) in [5, 5.41) is 10.4. The molecule has 1 aliphatic heterocycles. The van der Waals surface area contributed by atoms with Gasteiger partial charge in [0.25, 0.3) is 0 Å². The number of hydrogen-bond acceptors (Lipinski definition) is 4. The largest absolute Gasteiger partial charge is 0.458 e. The third-order valence-electron chi connectivity index (χ3n) is 6.56. The van der Waals surface area contributed by atoms with E-state index in [1.165, 1.54) is 5.57 Å². The van der Waals surface area contributed by atoms with E-state index in [4.69, 9.17) is 4.74 Å². The molecule has 26 heavy (non-hydrogen) atoms. The summed E-state index contributed by atoms with van der Waals surface area (Å²) in [6.45, 7) is 4.18. The Morgan fingerprint density at radius 3 is 2.58 bits per heavy atom. The van der Waals surface area contributed by atoms with Gasteiger partial charge in [-0.05, 0) is 50.0 Å². The summed E-state index contributed by atoms with van der Waals surface area (Å²) in [5.74, 6) is 0.139. The molecule has 3 rings (SSSR count). The maximum absolute atomic E-state index is 12.2. The van der Waals surface area contributed by atoms with E-state index in [9.17, 15) is 14.7 Å². The van der Waals surface area contributed by atoms with Crippen molar-refractivity contribution in [2.45, 2.75) is 89.8 Å². The minimum Gasteiger partial charge on any atom is -0.458 e. The van der Waals surface area contributed by atoms with Crippen LogP contribution in [0.2, 0.25) is 0 Å². The van der Waals surface area contributed by atoms with Gasteiger partial charge in [-0.15, -0.1) is 0 Å². The third-order valence-corrected chi connectivity index (χ3v) is 6.56. The fraction of sp³-hybridized carbons (Fsp3) is 0.727. The van der Waals surface area contributed by atoms with Crippen molar-refractivity contribution in [1.29, 1.82) is 0 Å². The fourth-order valence-electron chi connectivity index (χ4n) is 5.06. The Labute approximate surface area is 156 Å². The molecule has 1 saturated heterocycles. The van der Waals surface area contributed by atoms with Gasteiger partial charge in [0.15, 0.2) is 0 Å². The number of carbonyl (C=O) groups is 2. The molecule has 2 aliphatic carbocycles. The van der Waals surface area contributed by atoms with Crippen LogP contribution in [0.3, 0.4) is 0 Å². The average Bonchev–Trinajstić information content (AvgIpc) is 3.15. The van der Waals surface area contributed by atoms with Gasteiger partial charge in [0.05, 0.1) is 6.10 Å². The Kier molecular flexibility index (Phi) is 6.01. The van der Waals surface area contributed by atoms with Crippen molar-refractivity contribution < 1.29 is 19.4 Å². The Balaban J connectivity index is 1.78. The summed E-state index contributed by atoms with van der Waals surface area (Å²) in [6, 6.07) is 0. The molecule has 0 aromatic carbocycles. The average molecular weight is 360 g/mol. The van der Waals surface area contributed by atoms with Crippen molar-refractivity contribution in [3.63, 3.8) is 0 Å². The molecule has 3 aliphatic rings. The summed E-state index contributed by atoms with van der Waals surface area (Å²) in [4.78, 5) is 24.2. The number of carbonyl (C=O) groups excluding carboxylic acids is 2. The van der Waals surface area contributed by atoms with Crippen molar-refractivity contribution in [2.24, 2.45) is 11.8 Å². The smallest absolute Gasteiger partial charge is 0.313 e. The number of aliphatic hydroxyl groups excluding tert-OH is 1. The van der Waals surface area contributed by atoms with Gasteiger partial charge in [0.2, 0.25) is 0 Å². The SMILES string of the molecule is CCC1=CC(CCC2(C3CCCC3)CC(=O)CC(=O)O2)=CC(CC)C1O. The van der Waals surface area contributed by atoms with E-state index in [0.717, 1.165) is 50.5 Å². The van der Waals surface area contributed by atoms with E-state index in [-0.39, 0.29) is 30.2 Å². The molecular weight excluding hydrogens is 328 g/mol. The summed E-state index contributed by atoms with van der Waals surface area (Å²) < 4.78 is 5.89. The molecule has 144 valence electrons. The Morgan fingerprint density at radius 1 is 1.23 bits per heavy atom. The number of ketones is 1. The second-order valence-corrected chi connectivity index (χ2v) is 8.24. The molecule has 3 unspecified atom stereocenters. The molecule has 3 atom stereocenters. The lowest BCUT2D eigenvalue weighted by Crippen LogP contribution is -2.47. The third kappa shape index (κ3) is 3.95. The van der Waals surface area contributed by atoms with Gasteiger partial charge >= 0.3 is 5.97 Å². The van der Waals surface area contributed by atoms with Crippen LogP contribution in [0.1, 0.15) is 78.1 Å². The number of hydrogen-bond donors (Lipinski definition) is 1. The fourth-order valence-corrected chi connectivity index (χ4v) is 5.06. The molecule has 4 heteroatoms. The highest BCUT2D eigenvalue weighted by molar-refractivity contribution is 5.98. The summed E-state index contributed by atoms with van der Waals surface area (Å²) >= 11 is 0. The molecule has 1 heterocycles. The maximum atomic E-state index is 12.2. The predicted molar refractivity (Wildman–Crippen MR) is 101 cm³/mol. The number of allylic oxidation sites excluding steroid dienone is 2. The van der Waals surface area contributed by atoms with Crippen LogP contribution in [-0.2, 0) is 14.3 Å². The second-order valence-electron chi connectivity index (χ2n) is 8.24. The number of esters is 1. The first-order valence-electron chi connectivity index (χ1n) is 10.3. The number of Topliss-reactive ketones (excluding diaryl/α,β-unsaturated/α-hetero) is 1. The standard InChI is InChI=1S/C22H32O4/c1-3-16-11-15(12-17(4-2)21(16)25)9-10-22(18-7-5-6-8-18)14-19(23)13-20(24)26-22/h11-12,16,18,21,25H,3-10,13-14H2,1-2H3. The van der Waals surface area contributed by atoms with Gasteiger partial charge in [-0.3, -0.25) is 9.59 Å². The molecule has 0 amide bonds. The zero-order chi connectivity index (χ0) is 18.7. The minimum absolute atomic E-state index is 0.0254. The minimum atomic E-state index is -0.609. The van der Waals surface area contributed by atoms with E-state index >= 15 is 0 Å². The molecule has 0 spiro atoms. The lowest BCUT2D eigenvalue weighted by atomic mass is 9.75. The predicted octanol–water partition coefficient (Wildman–Crippen LogP) is 4.27. The van der Waals surface area contributed by atoms with Crippen LogP contribution < -0.4 is 0 Å². The number of rotatable bonds is 6. The van der Waals surface area contributed by atoms with Gasteiger partial charge in [0, 0.05) is 12.3 Å². The van der Waals surface area contributed by atoms with Crippen LogP contribution in [0.25, 0.3) is 0 Å². The highest BCUT2D eigenvalue weighted by atomic mass is 16.6. The van der Waals surface area contributed by atoms with Crippen LogP contribution >= 0.6 is 0 Å². The first kappa shape index (κ1) is 19.3. The molecular formula is C22H32O4. The van der Waals surface area contributed by atoms with Crippen LogP contribution in [0, 0.1) is 11.8 Å². The van der Waals surface area contributed by atoms with Gasteiger partial charge in [-0.25, -0.2) is 0 Å². The second kappa shape index (κ2) is 8.08. The van der Waals surface area contributed by atoms with E-state index in [0.29, 0.717) is 18.8 Å². The first-order chi connectivity index (χ1) is 12.5. The lowest BCUT2D eigenvalue weighted by molar-refractivity contribution is -0.178. The summed E-state index contributed by atoms with van der Waals surface area (Å²) in [6.07, 6.45) is 11.9. The Hall–Kier alpha value is -1.42. The molecule has 4 nitrogen and oxygen atoms in total. The highest BCUT2D eigenvalue weighted by Gasteiger charge is 2.47. The van der Waals surface area contributed by atoms with E-state index in [1.807, 2.05) is 0 Å². The van der Waals surface area contributed by atoms with E-state index in [1.54, 1.807) is 0 Å². The van der Waals surface area contributed by atoms with Crippen molar-refractivity contribution in [3.05, 3.63) is 23.3 Å². The maximum Gasteiger partial charge on any atom is 0.313 e.